The van der Waals surface area contributed by atoms with Crippen molar-refractivity contribution in [2.24, 2.45) is 0 Å². The van der Waals surface area contributed by atoms with Crippen LogP contribution in [0.15, 0.2) is 54.1 Å². The third-order valence-corrected chi connectivity index (χ3v) is 4.18. The van der Waals surface area contributed by atoms with Crippen LogP contribution in [-0.2, 0) is 16.0 Å². The molecule has 25 heavy (non-hydrogen) atoms. The molecule has 0 aliphatic carbocycles. The maximum Gasteiger partial charge on any atom is 0.270 e. The Hall–Kier alpha value is -2.86. The van der Waals surface area contributed by atoms with E-state index < -0.39 is 17.6 Å². The molecule has 0 spiro atoms. The van der Waals surface area contributed by atoms with Crippen LogP contribution in [0.5, 0.6) is 0 Å². The first kappa shape index (κ1) is 17.0. The number of aryl methyl sites for hydroxylation is 1. The molecule has 126 valence electrons. The fourth-order valence-electron chi connectivity index (χ4n) is 2.53. The van der Waals surface area contributed by atoms with Crippen molar-refractivity contribution < 1.29 is 14.0 Å². The Bertz CT molecular complexity index is 891. The first-order valence-corrected chi connectivity index (χ1v) is 8.17. The molecule has 1 aliphatic rings. The van der Waals surface area contributed by atoms with Gasteiger partial charge < -0.3 is 0 Å². The minimum absolute atomic E-state index is 0.00438. The molecule has 0 aromatic heterocycles. The number of para-hydroxylation sites is 1. The Kier molecular flexibility index (Phi) is 4.72. The second-order valence-corrected chi connectivity index (χ2v) is 5.89. The summed E-state index contributed by atoms with van der Waals surface area (Å²) in [6, 6.07) is 13.3. The number of amides is 2. The average molecular weight is 354 g/mol. The molecule has 1 fully saturated rings. The lowest BCUT2D eigenvalue weighted by Gasteiger charge is -2.29. The molecule has 2 aromatic rings. The van der Waals surface area contributed by atoms with E-state index in [1.54, 1.807) is 6.07 Å². The van der Waals surface area contributed by atoms with Crippen LogP contribution in [0.4, 0.5) is 10.1 Å². The molecular weight excluding hydrogens is 339 g/mol. The molecule has 4 nitrogen and oxygen atoms in total. The van der Waals surface area contributed by atoms with E-state index in [1.165, 1.54) is 24.3 Å². The van der Waals surface area contributed by atoms with Crippen LogP contribution in [0.25, 0.3) is 6.08 Å². The highest BCUT2D eigenvalue weighted by atomic mass is 32.1. The summed E-state index contributed by atoms with van der Waals surface area (Å²) in [5, 5.41) is 2.30. The molecule has 0 saturated carbocycles. The zero-order valence-corrected chi connectivity index (χ0v) is 14.3. The Morgan fingerprint density at radius 2 is 1.80 bits per heavy atom. The maximum absolute atomic E-state index is 14.1. The van der Waals surface area contributed by atoms with Gasteiger partial charge in [0.15, 0.2) is 5.11 Å². The van der Waals surface area contributed by atoms with Gasteiger partial charge in [0.1, 0.15) is 11.4 Å². The number of rotatable bonds is 3. The van der Waals surface area contributed by atoms with Gasteiger partial charge in [0.2, 0.25) is 0 Å². The van der Waals surface area contributed by atoms with E-state index in [0.29, 0.717) is 5.56 Å². The van der Waals surface area contributed by atoms with Gasteiger partial charge in [0.25, 0.3) is 11.8 Å². The van der Waals surface area contributed by atoms with Gasteiger partial charge in [-0.1, -0.05) is 43.3 Å². The predicted octanol–water partition coefficient (Wildman–Crippen LogP) is 3.22. The number of nitrogens with one attached hydrogen (secondary N) is 1. The number of nitrogens with zero attached hydrogens (tertiary/aromatic N) is 1. The predicted molar refractivity (Wildman–Crippen MR) is 98.4 cm³/mol. The molecule has 0 radical (unpaired) electrons. The van der Waals surface area contributed by atoms with E-state index in [2.05, 4.69) is 5.32 Å². The summed E-state index contributed by atoms with van der Waals surface area (Å²) in [6.45, 7) is 2.04. The number of hydrogen-bond acceptors (Lipinski definition) is 3. The molecule has 2 amide bonds. The smallest absolute Gasteiger partial charge is 0.270 e. The average Bonchev–Trinajstić information content (AvgIpc) is 2.60. The van der Waals surface area contributed by atoms with Crippen LogP contribution in [-0.4, -0.2) is 16.9 Å². The van der Waals surface area contributed by atoms with Gasteiger partial charge in [-0.25, -0.2) is 9.29 Å². The van der Waals surface area contributed by atoms with Gasteiger partial charge in [-0.05, 0) is 48.0 Å². The highest BCUT2D eigenvalue weighted by molar-refractivity contribution is 7.80. The fourth-order valence-corrected chi connectivity index (χ4v) is 2.80. The topological polar surface area (TPSA) is 49.4 Å². The fraction of sp³-hybridized carbons (Fsp3) is 0.105. The van der Waals surface area contributed by atoms with Crippen molar-refractivity contribution in [2.45, 2.75) is 13.3 Å². The number of carbonyl (C=O) groups is 2. The normalized spacial score (nSPS) is 16.3. The quantitative estimate of drug-likeness (QED) is 0.523. The largest absolute Gasteiger partial charge is 0.298 e. The standard InChI is InChI=1S/C19H15FN2O2S/c1-2-12-7-9-13(10-8-12)11-14-17(23)21-19(25)22(18(14)24)16-6-4-3-5-15(16)20/h3-11H,2H2,1H3,(H,21,23,25)/b14-11+. The monoisotopic (exact) mass is 354 g/mol. The minimum atomic E-state index is -0.654. The summed E-state index contributed by atoms with van der Waals surface area (Å²) < 4.78 is 14.1. The molecule has 6 heteroatoms. The number of anilines is 1. The van der Waals surface area contributed by atoms with E-state index in [1.807, 2.05) is 31.2 Å². The summed E-state index contributed by atoms with van der Waals surface area (Å²) in [5.74, 6) is -1.85. The lowest BCUT2D eigenvalue weighted by Crippen LogP contribution is -2.54. The molecule has 1 saturated heterocycles. The number of benzene rings is 2. The van der Waals surface area contributed by atoms with Crippen LogP contribution in [0.1, 0.15) is 18.1 Å². The summed E-state index contributed by atoms with van der Waals surface area (Å²) in [4.78, 5) is 26.0. The van der Waals surface area contributed by atoms with Crippen molar-refractivity contribution in [3.8, 4) is 0 Å². The van der Waals surface area contributed by atoms with Crippen LogP contribution in [0, 0.1) is 5.82 Å². The molecule has 0 atom stereocenters. The first-order valence-electron chi connectivity index (χ1n) is 7.76. The van der Waals surface area contributed by atoms with Crippen molar-refractivity contribution >= 4 is 40.9 Å². The summed E-state index contributed by atoms with van der Waals surface area (Å²) in [7, 11) is 0. The van der Waals surface area contributed by atoms with Crippen LogP contribution >= 0.6 is 12.2 Å². The second-order valence-electron chi connectivity index (χ2n) is 5.50. The Morgan fingerprint density at radius 3 is 2.44 bits per heavy atom. The zero-order chi connectivity index (χ0) is 18.0. The van der Waals surface area contributed by atoms with Gasteiger partial charge in [-0.15, -0.1) is 0 Å². The van der Waals surface area contributed by atoms with Crippen LogP contribution in [0.3, 0.4) is 0 Å². The molecule has 1 N–H and O–H groups in total. The van der Waals surface area contributed by atoms with Gasteiger partial charge >= 0.3 is 0 Å². The molecule has 0 unspecified atom stereocenters. The van der Waals surface area contributed by atoms with Crippen LogP contribution < -0.4 is 10.2 Å². The van der Waals surface area contributed by atoms with Crippen molar-refractivity contribution in [1.82, 2.24) is 5.32 Å². The lowest BCUT2D eigenvalue weighted by atomic mass is 10.0. The van der Waals surface area contributed by atoms with E-state index in [-0.39, 0.29) is 16.4 Å². The Balaban J connectivity index is 2.00. The molecule has 3 rings (SSSR count). The summed E-state index contributed by atoms with van der Waals surface area (Å²) in [6.07, 6.45) is 2.37. The highest BCUT2D eigenvalue weighted by Crippen LogP contribution is 2.24. The van der Waals surface area contributed by atoms with E-state index >= 15 is 0 Å². The molecule has 1 heterocycles. The minimum Gasteiger partial charge on any atom is -0.298 e. The molecule has 1 aliphatic heterocycles. The highest BCUT2D eigenvalue weighted by Gasteiger charge is 2.35. The SMILES string of the molecule is CCc1ccc(/C=C2\C(=O)NC(=S)N(c3ccccc3F)C2=O)cc1. The molecule has 2 aromatic carbocycles. The van der Waals surface area contributed by atoms with Crippen molar-refractivity contribution in [1.29, 1.82) is 0 Å². The number of halogens is 1. The van der Waals surface area contributed by atoms with E-state index in [9.17, 15) is 14.0 Å². The number of hydrogen-bond donors (Lipinski definition) is 1. The Morgan fingerprint density at radius 1 is 1.12 bits per heavy atom. The van der Waals surface area contributed by atoms with Crippen molar-refractivity contribution in [3.05, 3.63) is 71.0 Å². The number of carbonyl (C=O) groups excluding carboxylic acids is 2. The first-order chi connectivity index (χ1) is 12.0. The summed E-state index contributed by atoms with van der Waals surface area (Å²) in [5.41, 5.74) is 1.76. The van der Waals surface area contributed by atoms with Gasteiger partial charge in [0.05, 0.1) is 5.69 Å². The zero-order valence-electron chi connectivity index (χ0n) is 13.5. The Labute approximate surface area is 150 Å². The van der Waals surface area contributed by atoms with Gasteiger partial charge in [-0.3, -0.25) is 14.9 Å². The van der Waals surface area contributed by atoms with E-state index in [4.69, 9.17) is 12.2 Å². The van der Waals surface area contributed by atoms with Crippen molar-refractivity contribution in [2.75, 3.05) is 4.90 Å². The second kappa shape index (κ2) is 6.94. The van der Waals surface area contributed by atoms with Crippen LogP contribution in [0.2, 0.25) is 0 Å². The summed E-state index contributed by atoms with van der Waals surface area (Å²) >= 11 is 5.05. The third-order valence-electron chi connectivity index (χ3n) is 3.89. The van der Waals surface area contributed by atoms with Gasteiger partial charge in [-0.2, -0.15) is 0 Å². The lowest BCUT2D eigenvalue weighted by molar-refractivity contribution is -0.122. The maximum atomic E-state index is 14.1. The third kappa shape index (κ3) is 3.34. The van der Waals surface area contributed by atoms with Crippen molar-refractivity contribution in [3.63, 3.8) is 0 Å². The van der Waals surface area contributed by atoms with E-state index in [0.717, 1.165) is 16.9 Å². The molecule has 0 bridgehead atoms. The molecular formula is C19H15FN2O2S. The number of thiocarbonyl (C=S) groups is 1. The van der Waals surface area contributed by atoms with Gasteiger partial charge in [0, 0.05) is 0 Å².